The molecule has 0 radical (unpaired) electrons. The molecule has 2 unspecified atom stereocenters. The Kier molecular flexibility index (Phi) is 7.29. The molecule has 2 atom stereocenters. The lowest BCUT2D eigenvalue weighted by atomic mass is 10.0. The summed E-state index contributed by atoms with van der Waals surface area (Å²) in [4.78, 5) is 18.5. The molecule has 1 aromatic carbocycles. The average Bonchev–Trinajstić information content (AvgIpc) is 3.35. The van der Waals surface area contributed by atoms with Gasteiger partial charge in [-0.05, 0) is 45.2 Å². The molecule has 1 aliphatic rings. The minimum Gasteiger partial charge on any atom is -0.357 e. The summed E-state index contributed by atoms with van der Waals surface area (Å²) in [5.74, 6) is 1.55. The molecule has 1 aromatic rings. The summed E-state index contributed by atoms with van der Waals surface area (Å²) in [6.07, 6.45) is 1.60. The number of carbonyl (C=O) groups excluding carboxylic acids is 1. The molecule has 0 heterocycles. The number of amides is 1. The van der Waals surface area contributed by atoms with Gasteiger partial charge in [-0.3, -0.25) is 9.79 Å². The second-order valence-electron chi connectivity index (χ2n) is 6.53. The first-order valence-corrected chi connectivity index (χ1v) is 9.48. The molecule has 138 valence electrons. The fraction of sp³-hybridized carbons (Fsp3) is 0.600. The quantitative estimate of drug-likeness (QED) is 0.563. The van der Waals surface area contributed by atoms with Gasteiger partial charge < -0.3 is 15.5 Å². The molecule has 5 nitrogen and oxygen atoms in total. The van der Waals surface area contributed by atoms with Crippen molar-refractivity contribution in [2.45, 2.75) is 52.5 Å². The first-order valence-electron chi connectivity index (χ1n) is 9.48. The lowest BCUT2D eigenvalue weighted by Gasteiger charge is -2.18. The third kappa shape index (κ3) is 5.48. The number of hydrogen-bond acceptors (Lipinski definition) is 2. The van der Waals surface area contributed by atoms with Crippen molar-refractivity contribution in [2.75, 3.05) is 26.2 Å². The zero-order valence-corrected chi connectivity index (χ0v) is 16.0. The lowest BCUT2D eigenvalue weighted by Crippen LogP contribution is -2.39. The molecule has 1 amide bonds. The average molecular weight is 345 g/mol. The second kappa shape index (κ2) is 9.44. The van der Waals surface area contributed by atoms with Crippen molar-refractivity contribution in [3.8, 4) is 0 Å². The van der Waals surface area contributed by atoms with Gasteiger partial charge in [0.15, 0.2) is 5.96 Å². The largest absolute Gasteiger partial charge is 0.357 e. The first kappa shape index (κ1) is 19.3. The smallest absolute Gasteiger partial charge is 0.224 e. The highest BCUT2D eigenvalue weighted by atomic mass is 16.2. The van der Waals surface area contributed by atoms with Gasteiger partial charge in [-0.2, -0.15) is 0 Å². The minimum absolute atomic E-state index is 0.175. The van der Waals surface area contributed by atoms with E-state index < -0.39 is 0 Å². The van der Waals surface area contributed by atoms with Gasteiger partial charge in [0.25, 0.3) is 0 Å². The van der Waals surface area contributed by atoms with Crippen LogP contribution in [-0.4, -0.2) is 49.0 Å². The van der Waals surface area contributed by atoms with Gasteiger partial charge in [-0.1, -0.05) is 24.3 Å². The van der Waals surface area contributed by atoms with Crippen LogP contribution in [0, 0.1) is 6.92 Å². The highest BCUT2D eigenvalue weighted by Gasteiger charge is 2.39. The maximum absolute atomic E-state index is 12.1. The molecule has 5 heteroatoms. The summed E-state index contributed by atoms with van der Waals surface area (Å²) in [5.41, 5.74) is 2.77. The number of nitrogens with zero attached hydrogens (tertiary/aromatic N) is 2. The van der Waals surface area contributed by atoms with Crippen LogP contribution in [0.4, 0.5) is 0 Å². The van der Waals surface area contributed by atoms with Gasteiger partial charge in [-0.25, -0.2) is 0 Å². The molecule has 2 rings (SSSR count). The van der Waals surface area contributed by atoms with E-state index in [1.54, 1.807) is 0 Å². The van der Waals surface area contributed by atoms with Crippen LogP contribution in [0.15, 0.2) is 29.3 Å². The molecule has 0 aliphatic heterocycles. The van der Waals surface area contributed by atoms with Gasteiger partial charge >= 0.3 is 0 Å². The number of hydrogen-bond donors (Lipinski definition) is 2. The number of rotatable bonds is 8. The van der Waals surface area contributed by atoms with Gasteiger partial charge in [0, 0.05) is 38.0 Å². The Morgan fingerprint density at radius 1 is 1.24 bits per heavy atom. The Hall–Kier alpha value is -2.04. The van der Waals surface area contributed by atoms with Crippen LogP contribution in [0.3, 0.4) is 0 Å². The monoisotopic (exact) mass is 344 g/mol. The van der Waals surface area contributed by atoms with E-state index in [-0.39, 0.29) is 5.91 Å². The summed E-state index contributed by atoms with van der Waals surface area (Å²) >= 11 is 0. The molecule has 0 spiro atoms. The zero-order valence-electron chi connectivity index (χ0n) is 16.0. The van der Waals surface area contributed by atoms with Crippen molar-refractivity contribution in [1.29, 1.82) is 0 Å². The van der Waals surface area contributed by atoms with Crippen LogP contribution in [0.25, 0.3) is 0 Å². The minimum atomic E-state index is 0.175. The van der Waals surface area contributed by atoms with Crippen molar-refractivity contribution in [3.05, 3.63) is 35.4 Å². The predicted octanol–water partition coefficient (Wildman–Crippen LogP) is 2.66. The van der Waals surface area contributed by atoms with Gasteiger partial charge in [0.05, 0.1) is 6.54 Å². The van der Waals surface area contributed by atoms with Crippen molar-refractivity contribution in [3.63, 3.8) is 0 Å². The van der Waals surface area contributed by atoms with E-state index in [1.165, 1.54) is 11.1 Å². The molecule has 1 fully saturated rings. The molecule has 1 aliphatic carbocycles. The number of aliphatic imine (C=N–C) groups is 1. The fourth-order valence-electron chi connectivity index (χ4n) is 3.19. The van der Waals surface area contributed by atoms with Crippen LogP contribution in [0.2, 0.25) is 0 Å². The molecular weight excluding hydrogens is 312 g/mol. The molecule has 0 aromatic heterocycles. The Balaban J connectivity index is 1.87. The van der Waals surface area contributed by atoms with E-state index in [4.69, 9.17) is 0 Å². The molecule has 2 N–H and O–H groups in total. The van der Waals surface area contributed by atoms with Gasteiger partial charge in [-0.15, -0.1) is 0 Å². The highest BCUT2D eigenvalue weighted by molar-refractivity contribution is 5.81. The number of guanidine groups is 1. The maximum atomic E-state index is 12.1. The Morgan fingerprint density at radius 3 is 2.60 bits per heavy atom. The van der Waals surface area contributed by atoms with Crippen molar-refractivity contribution >= 4 is 11.9 Å². The Bertz CT molecular complexity index is 595. The number of carbonyl (C=O) groups is 1. The SMILES string of the molecule is CCNC(=NCCC(=O)N(CC)CC)NC1CC1c1ccccc1C. The lowest BCUT2D eigenvalue weighted by molar-refractivity contribution is -0.130. The van der Waals surface area contributed by atoms with E-state index in [0.29, 0.717) is 24.9 Å². The van der Waals surface area contributed by atoms with E-state index in [9.17, 15) is 4.79 Å². The number of benzene rings is 1. The highest BCUT2D eigenvalue weighted by Crippen LogP contribution is 2.41. The second-order valence-corrected chi connectivity index (χ2v) is 6.53. The maximum Gasteiger partial charge on any atom is 0.224 e. The molecule has 25 heavy (non-hydrogen) atoms. The zero-order chi connectivity index (χ0) is 18.2. The summed E-state index contributed by atoms with van der Waals surface area (Å²) < 4.78 is 0. The molecular formula is C20H32N4O. The first-order chi connectivity index (χ1) is 12.1. The van der Waals surface area contributed by atoms with Crippen LogP contribution in [-0.2, 0) is 4.79 Å². The standard InChI is InChI=1S/C20H32N4O/c1-5-21-20(22-13-12-19(25)24(6-2)7-3)23-18-14-17(18)16-11-9-8-10-15(16)4/h8-11,17-18H,5-7,12-14H2,1-4H3,(H2,21,22,23). The summed E-state index contributed by atoms with van der Waals surface area (Å²) in [6, 6.07) is 9.01. The third-order valence-corrected chi connectivity index (χ3v) is 4.76. The van der Waals surface area contributed by atoms with Crippen molar-refractivity contribution in [2.24, 2.45) is 4.99 Å². The van der Waals surface area contributed by atoms with Gasteiger partial charge in [0.2, 0.25) is 5.91 Å². The number of nitrogens with one attached hydrogen (secondary N) is 2. The van der Waals surface area contributed by atoms with Crippen LogP contribution in [0.1, 0.15) is 50.7 Å². The summed E-state index contributed by atoms with van der Waals surface area (Å²) in [7, 11) is 0. The van der Waals surface area contributed by atoms with E-state index in [0.717, 1.165) is 32.0 Å². The van der Waals surface area contributed by atoms with Crippen LogP contribution < -0.4 is 10.6 Å². The third-order valence-electron chi connectivity index (χ3n) is 4.76. The molecule has 0 saturated heterocycles. The predicted molar refractivity (Wildman–Crippen MR) is 104 cm³/mol. The summed E-state index contributed by atoms with van der Waals surface area (Å²) in [5, 5.41) is 6.80. The van der Waals surface area contributed by atoms with E-state index in [2.05, 4.69) is 53.7 Å². The van der Waals surface area contributed by atoms with Crippen LogP contribution in [0.5, 0.6) is 0 Å². The Morgan fingerprint density at radius 2 is 1.96 bits per heavy atom. The number of aryl methyl sites for hydroxylation is 1. The fourth-order valence-corrected chi connectivity index (χ4v) is 3.19. The molecule has 1 saturated carbocycles. The van der Waals surface area contributed by atoms with Gasteiger partial charge in [0.1, 0.15) is 0 Å². The van der Waals surface area contributed by atoms with Crippen molar-refractivity contribution < 1.29 is 4.79 Å². The van der Waals surface area contributed by atoms with E-state index in [1.807, 2.05) is 18.7 Å². The molecule has 0 bridgehead atoms. The van der Waals surface area contributed by atoms with E-state index >= 15 is 0 Å². The Labute approximate surface area is 151 Å². The topological polar surface area (TPSA) is 56.7 Å². The normalized spacial score (nSPS) is 19.4. The van der Waals surface area contributed by atoms with Crippen molar-refractivity contribution in [1.82, 2.24) is 15.5 Å². The summed E-state index contributed by atoms with van der Waals surface area (Å²) in [6.45, 7) is 11.1. The van der Waals surface area contributed by atoms with Crippen LogP contribution >= 0.6 is 0 Å².